The minimum Gasteiger partial charge on any atom is -0.465 e. The Morgan fingerprint density at radius 3 is 2.61 bits per heavy atom. The first-order valence-corrected chi connectivity index (χ1v) is 7.70. The zero-order valence-electron chi connectivity index (χ0n) is 13.8. The van der Waals surface area contributed by atoms with E-state index in [1.54, 1.807) is 12.4 Å². The number of hydrogen-bond acceptors (Lipinski definition) is 3. The second-order valence-electron chi connectivity index (χ2n) is 5.29. The van der Waals surface area contributed by atoms with Crippen LogP contribution in [0, 0.1) is 6.92 Å². The first-order chi connectivity index (χ1) is 11.2. The highest BCUT2D eigenvalue weighted by molar-refractivity contribution is 5.96. The lowest BCUT2D eigenvalue weighted by atomic mass is 10.1. The SMILES string of the molecule is CCCN(C=Nc1ccc(C)cc1C(=O)OC)c1ccccc1. The van der Waals surface area contributed by atoms with E-state index in [4.69, 9.17) is 4.74 Å². The molecule has 0 aliphatic heterocycles. The lowest BCUT2D eigenvalue weighted by Gasteiger charge is -2.18. The fraction of sp³-hybridized carbons (Fsp3) is 0.263. The predicted octanol–water partition coefficient (Wildman–Crippen LogP) is 4.36. The Hall–Kier alpha value is -2.62. The van der Waals surface area contributed by atoms with Gasteiger partial charge in [0.05, 0.1) is 24.7 Å². The Balaban J connectivity index is 2.32. The van der Waals surface area contributed by atoms with E-state index in [1.807, 2.05) is 49.4 Å². The number of anilines is 1. The molecule has 120 valence electrons. The van der Waals surface area contributed by atoms with Crippen molar-refractivity contribution in [3.8, 4) is 0 Å². The van der Waals surface area contributed by atoms with Crippen LogP contribution in [0.25, 0.3) is 0 Å². The summed E-state index contributed by atoms with van der Waals surface area (Å²) in [6.45, 7) is 4.91. The van der Waals surface area contributed by atoms with Crippen molar-refractivity contribution in [2.45, 2.75) is 20.3 Å². The maximum Gasteiger partial charge on any atom is 0.340 e. The highest BCUT2D eigenvalue weighted by atomic mass is 16.5. The van der Waals surface area contributed by atoms with Gasteiger partial charge in [0.25, 0.3) is 0 Å². The predicted molar refractivity (Wildman–Crippen MR) is 94.7 cm³/mol. The van der Waals surface area contributed by atoms with Gasteiger partial charge in [-0.25, -0.2) is 9.79 Å². The summed E-state index contributed by atoms with van der Waals surface area (Å²) in [5, 5.41) is 0. The van der Waals surface area contributed by atoms with Crippen LogP contribution in [0.5, 0.6) is 0 Å². The van der Waals surface area contributed by atoms with Crippen LogP contribution in [0.4, 0.5) is 11.4 Å². The fourth-order valence-electron chi connectivity index (χ4n) is 2.28. The van der Waals surface area contributed by atoms with E-state index in [9.17, 15) is 4.79 Å². The van der Waals surface area contributed by atoms with E-state index in [2.05, 4.69) is 16.8 Å². The number of rotatable bonds is 6. The van der Waals surface area contributed by atoms with E-state index < -0.39 is 0 Å². The van der Waals surface area contributed by atoms with Crippen LogP contribution in [0.2, 0.25) is 0 Å². The van der Waals surface area contributed by atoms with Crippen LogP contribution in [-0.2, 0) is 4.74 Å². The third-order valence-corrected chi connectivity index (χ3v) is 3.45. The van der Waals surface area contributed by atoms with E-state index in [0.29, 0.717) is 11.3 Å². The molecule has 2 aromatic carbocycles. The first kappa shape index (κ1) is 16.7. The molecular weight excluding hydrogens is 288 g/mol. The fourth-order valence-corrected chi connectivity index (χ4v) is 2.28. The van der Waals surface area contributed by atoms with Gasteiger partial charge in [0, 0.05) is 12.2 Å². The molecule has 0 aromatic heterocycles. The molecule has 0 spiro atoms. The summed E-state index contributed by atoms with van der Waals surface area (Å²) in [7, 11) is 1.38. The molecule has 2 aromatic rings. The average Bonchev–Trinajstić information content (AvgIpc) is 2.59. The number of para-hydroxylation sites is 1. The Labute approximate surface area is 137 Å². The van der Waals surface area contributed by atoms with Crippen molar-refractivity contribution in [2.75, 3.05) is 18.6 Å². The largest absolute Gasteiger partial charge is 0.465 e. The van der Waals surface area contributed by atoms with E-state index in [0.717, 1.165) is 24.2 Å². The van der Waals surface area contributed by atoms with Gasteiger partial charge >= 0.3 is 5.97 Å². The van der Waals surface area contributed by atoms with Gasteiger partial charge in [0.1, 0.15) is 0 Å². The normalized spacial score (nSPS) is 10.7. The van der Waals surface area contributed by atoms with Crippen LogP contribution in [-0.4, -0.2) is 26.0 Å². The number of benzene rings is 2. The number of nitrogens with zero attached hydrogens (tertiary/aromatic N) is 2. The van der Waals surface area contributed by atoms with Crippen molar-refractivity contribution in [1.82, 2.24) is 0 Å². The highest BCUT2D eigenvalue weighted by Crippen LogP contribution is 2.22. The molecule has 4 heteroatoms. The van der Waals surface area contributed by atoms with E-state index in [1.165, 1.54) is 7.11 Å². The summed E-state index contributed by atoms with van der Waals surface area (Å²) in [6, 6.07) is 15.6. The zero-order valence-corrected chi connectivity index (χ0v) is 13.8. The van der Waals surface area contributed by atoms with Gasteiger partial charge in [-0.3, -0.25) is 0 Å². The Kier molecular flexibility index (Phi) is 5.92. The van der Waals surface area contributed by atoms with Crippen molar-refractivity contribution in [3.63, 3.8) is 0 Å². The number of aliphatic imine (C=N–C) groups is 1. The molecule has 0 saturated heterocycles. The third-order valence-electron chi connectivity index (χ3n) is 3.45. The molecule has 2 rings (SSSR count). The molecule has 0 saturated carbocycles. The van der Waals surface area contributed by atoms with Crippen LogP contribution in [0.3, 0.4) is 0 Å². The van der Waals surface area contributed by atoms with Crippen molar-refractivity contribution in [3.05, 3.63) is 59.7 Å². The molecule has 0 fully saturated rings. The van der Waals surface area contributed by atoms with Gasteiger partial charge in [-0.15, -0.1) is 0 Å². The summed E-state index contributed by atoms with van der Waals surface area (Å²) >= 11 is 0. The summed E-state index contributed by atoms with van der Waals surface area (Å²) in [4.78, 5) is 18.5. The lowest BCUT2D eigenvalue weighted by molar-refractivity contribution is 0.0601. The number of aryl methyl sites for hydroxylation is 1. The second-order valence-corrected chi connectivity index (χ2v) is 5.29. The van der Waals surface area contributed by atoms with Crippen molar-refractivity contribution in [2.24, 2.45) is 4.99 Å². The topological polar surface area (TPSA) is 41.9 Å². The molecule has 0 aliphatic carbocycles. The quantitative estimate of drug-likeness (QED) is 0.452. The lowest BCUT2D eigenvalue weighted by Crippen LogP contribution is -2.21. The zero-order chi connectivity index (χ0) is 16.7. The molecule has 0 amide bonds. The molecule has 0 aliphatic rings. The van der Waals surface area contributed by atoms with Gasteiger partial charge in [-0.1, -0.05) is 36.8 Å². The standard InChI is InChI=1S/C19H22N2O2/c1-4-12-21(16-8-6-5-7-9-16)14-20-18-11-10-15(2)13-17(18)19(22)23-3/h5-11,13-14H,4,12H2,1-3H3. The number of methoxy groups -OCH3 is 1. The molecule has 0 radical (unpaired) electrons. The smallest absolute Gasteiger partial charge is 0.340 e. The van der Waals surface area contributed by atoms with Crippen molar-refractivity contribution < 1.29 is 9.53 Å². The van der Waals surface area contributed by atoms with Gasteiger partial charge in [-0.05, 0) is 37.6 Å². The number of carbonyl (C=O) groups excluding carboxylic acids is 1. The number of hydrogen-bond donors (Lipinski definition) is 0. The van der Waals surface area contributed by atoms with E-state index >= 15 is 0 Å². The van der Waals surface area contributed by atoms with Crippen molar-refractivity contribution >= 4 is 23.7 Å². The maximum absolute atomic E-state index is 11.9. The van der Waals surface area contributed by atoms with Gasteiger partial charge < -0.3 is 9.64 Å². The van der Waals surface area contributed by atoms with Crippen LogP contribution in [0.1, 0.15) is 29.3 Å². The second kappa shape index (κ2) is 8.13. The number of carbonyl (C=O) groups is 1. The molecule has 0 unspecified atom stereocenters. The van der Waals surface area contributed by atoms with Gasteiger partial charge in [0.2, 0.25) is 0 Å². The maximum atomic E-state index is 11.9. The molecule has 4 nitrogen and oxygen atoms in total. The highest BCUT2D eigenvalue weighted by Gasteiger charge is 2.11. The van der Waals surface area contributed by atoms with E-state index in [-0.39, 0.29) is 5.97 Å². The van der Waals surface area contributed by atoms with Crippen LogP contribution < -0.4 is 4.90 Å². The Morgan fingerprint density at radius 2 is 1.96 bits per heavy atom. The summed E-state index contributed by atoms with van der Waals surface area (Å²) in [5.74, 6) is -0.373. The average molecular weight is 310 g/mol. The molecule has 0 bridgehead atoms. The van der Waals surface area contributed by atoms with Crippen LogP contribution >= 0.6 is 0 Å². The van der Waals surface area contributed by atoms with Gasteiger partial charge in [-0.2, -0.15) is 0 Å². The monoisotopic (exact) mass is 310 g/mol. The molecule has 0 atom stereocenters. The Morgan fingerprint density at radius 1 is 1.22 bits per heavy atom. The minimum absolute atomic E-state index is 0.373. The first-order valence-electron chi connectivity index (χ1n) is 7.70. The third kappa shape index (κ3) is 4.42. The number of esters is 1. The summed E-state index contributed by atoms with van der Waals surface area (Å²) in [6.07, 6.45) is 2.77. The van der Waals surface area contributed by atoms with Gasteiger partial charge in [0.15, 0.2) is 0 Å². The molecular formula is C19H22N2O2. The number of ether oxygens (including phenoxy) is 1. The molecule has 0 heterocycles. The Bertz CT molecular complexity index is 681. The minimum atomic E-state index is -0.373. The molecule has 0 N–H and O–H groups in total. The summed E-state index contributed by atoms with van der Waals surface area (Å²) in [5.41, 5.74) is 3.16. The summed E-state index contributed by atoms with van der Waals surface area (Å²) < 4.78 is 4.84. The van der Waals surface area contributed by atoms with Crippen molar-refractivity contribution in [1.29, 1.82) is 0 Å². The van der Waals surface area contributed by atoms with Crippen LogP contribution in [0.15, 0.2) is 53.5 Å². The molecule has 23 heavy (non-hydrogen) atoms.